The zero-order chi connectivity index (χ0) is 23.2. The molecule has 2 unspecified atom stereocenters. The van der Waals surface area contributed by atoms with Gasteiger partial charge in [0.25, 0.3) is 0 Å². The van der Waals surface area contributed by atoms with Crippen LogP contribution in [0.2, 0.25) is 0 Å². The molecular formula is C30H28N2O2. The number of hydrogen-bond donors (Lipinski definition) is 3. The number of anilines is 1. The number of amides is 1. The van der Waals surface area contributed by atoms with Gasteiger partial charge in [-0.3, -0.25) is 4.79 Å². The summed E-state index contributed by atoms with van der Waals surface area (Å²) in [5, 5.41) is 19.0. The topological polar surface area (TPSA) is 61.4 Å². The highest BCUT2D eigenvalue weighted by Gasteiger charge is 2.31. The number of aromatic hydroxyl groups is 1. The first-order valence-electron chi connectivity index (χ1n) is 12.1. The smallest absolute Gasteiger partial charge is 0.243 e. The Morgan fingerprint density at radius 2 is 1.88 bits per heavy atom. The largest absolute Gasteiger partial charge is 0.508 e. The number of carbonyl (C=O) groups is 1. The highest BCUT2D eigenvalue weighted by molar-refractivity contribution is 5.96. The van der Waals surface area contributed by atoms with Crippen LogP contribution in [-0.2, 0) is 17.6 Å². The normalized spacial score (nSPS) is 18.7. The zero-order valence-electron chi connectivity index (χ0n) is 19.3. The summed E-state index contributed by atoms with van der Waals surface area (Å²) in [6, 6.07) is 24.8. The van der Waals surface area contributed by atoms with Crippen molar-refractivity contribution in [3.63, 3.8) is 0 Å². The first kappa shape index (κ1) is 20.8. The maximum atomic E-state index is 13.3. The fourth-order valence-corrected chi connectivity index (χ4v) is 5.66. The van der Waals surface area contributed by atoms with Crippen LogP contribution in [0.25, 0.3) is 21.9 Å². The predicted octanol–water partition coefficient (Wildman–Crippen LogP) is 6.05. The van der Waals surface area contributed by atoms with Gasteiger partial charge in [-0.05, 0) is 82.5 Å². The molecule has 1 aliphatic carbocycles. The fraction of sp³-hybridized carbons (Fsp3) is 0.233. The van der Waals surface area contributed by atoms with E-state index in [9.17, 15) is 9.90 Å². The molecule has 170 valence electrons. The standard InChI is InChI=1S/C30H28N2O2/c1-18-14-22(33)16-28-25(18)17-29(31-28)30(34)32-27-11-5-8-20-12-13-21(15-26(20)27)24-10-4-7-19-6-2-3-9-23(19)24/h2-4,6-7,9-10,12-16,27,29,31,33H,5,8,11,17H2,1H3,(H,32,34). The molecule has 4 aromatic rings. The molecule has 0 spiro atoms. The lowest BCUT2D eigenvalue weighted by Gasteiger charge is -2.28. The number of phenolic OH excluding ortho intramolecular Hbond substituents is 1. The van der Waals surface area contributed by atoms with Crippen molar-refractivity contribution in [1.29, 1.82) is 0 Å². The quantitative estimate of drug-likeness (QED) is 0.357. The highest BCUT2D eigenvalue weighted by Crippen LogP contribution is 2.37. The van der Waals surface area contributed by atoms with E-state index in [4.69, 9.17) is 0 Å². The van der Waals surface area contributed by atoms with Crippen LogP contribution < -0.4 is 10.6 Å². The van der Waals surface area contributed by atoms with Crippen molar-refractivity contribution >= 4 is 22.4 Å². The van der Waals surface area contributed by atoms with E-state index < -0.39 is 0 Å². The van der Waals surface area contributed by atoms with Gasteiger partial charge in [0, 0.05) is 18.2 Å². The van der Waals surface area contributed by atoms with Crippen LogP contribution in [0, 0.1) is 6.92 Å². The third-order valence-electron chi connectivity index (χ3n) is 7.39. The van der Waals surface area contributed by atoms with Crippen LogP contribution in [0.4, 0.5) is 5.69 Å². The molecule has 4 nitrogen and oxygen atoms in total. The van der Waals surface area contributed by atoms with Gasteiger partial charge in [-0.25, -0.2) is 0 Å². The highest BCUT2D eigenvalue weighted by atomic mass is 16.3. The van der Waals surface area contributed by atoms with Gasteiger partial charge >= 0.3 is 0 Å². The minimum atomic E-state index is -0.317. The number of nitrogens with one attached hydrogen (secondary N) is 2. The maximum Gasteiger partial charge on any atom is 0.243 e. The molecule has 34 heavy (non-hydrogen) atoms. The monoisotopic (exact) mass is 448 g/mol. The molecule has 2 atom stereocenters. The number of aryl methyl sites for hydroxylation is 2. The van der Waals surface area contributed by atoms with E-state index in [1.165, 1.54) is 33.0 Å². The Morgan fingerprint density at radius 3 is 2.79 bits per heavy atom. The van der Waals surface area contributed by atoms with Gasteiger partial charge in [0.15, 0.2) is 0 Å². The second-order valence-electron chi connectivity index (χ2n) is 9.58. The second kappa shape index (κ2) is 8.21. The average Bonchev–Trinajstić information content (AvgIpc) is 3.28. The molecule has 2 aliphatic rings. The molecule has 0 fully saturated rings. The molecule has 3 N–H and O–H groups in total. The molecule has 0 saturated carbocycles. The van der Waals surface area contributed by atoms with E-state index in [0.29, 0.717) is 6.42 Å². The molecule has 1 aliphatic heterocycles. The van der Waals surface area contributed by atoms with Gasteiger partial charge < -0.3 is 15.7 Å². The third kappa shape index (κ3) is 3.60. The molecule has 4 heteroatoms. The van der Waals surface area contributed by atoms with Crippen molar-refractivity contribution in [1.82, 2.24) is 5.32 Å². The average molecular weight is 449 g/mol. The van der Waals surface area contributed by atoms with Crippen molar-refractivity contribution in [3.05, 3.63) is 95.1 Å². The molecule has 0 bridgehead atoms. The number of phenols is 1. The molecular weight excluding hydrogens is 420 g/mol. The van der Waals surface area contributed by atoms with Gasteiger partial charge in [-0.2, -0.15) is 0 Å². The SMILES string of the molecule is Cc1cc(O)cc2c1CC(C(=O)NC1CCCc3ccc(-c4cccc5ccccc45)cc31)N2. The van der Waals surface area contributed by atoms with Gasteiger partial charge in [0.05, 0.1) is 6.04 Å². The Hall–Kier alpha value is -3.79. The van der Waals surface area contributed by atoms with Gasteiger partial charge in [-0.1, -0.05) is 54.6 Å². The molecule has 0 radical (unpaired) electrons. The Bertz CT molecular complexity index is 1420. The second-order valence-corrected chi connectivity index (χ2v) is 9.58. The van der Waals surface area contributed by atoms with E-state index in [-0.39, 0.29) is 23.7 Å². The van der Waals surface area contributed by atoms with E-state index in [0.717, 1.165) is 36.1 Å². The Balaban J connectivity index is 1.28. The molecule has 4 aromatic carbocycles. The molecule has 6 rings (SSSR count). The maximum absolute atomic E-state index is 13.3. The Labute approximate surface area is 199 Å². The first-order chi connectivity index (χ1) is 16.6. The van der Waals surface area contributed by atoms with Crippen molar-refractivity contribution in [2.75, 3.05) is 5.32 Å². The molecule has 1 heterocycles. The summed E-state index contributed by atoms with van der Waals surface area (Å²) in [5.41, 5.74) is 7.95. The third-order valence-corrected chi connectivity index (χ3v) is 7.39. The van der Waals surface area contributed by atoms with E-state index in [1.807, 2.05) is 6.92 Å². The fourth-order valence-electron chi connectivity index (χ4n) is 5.66. The summed E-state index contributed by atoms with van der Waals surface area (Å²) in [6.07, 6.45) is 3.69. The van der Waals surface area contributed by atoms with Gasteiger partial charge in [0.2, 0.25) is 5.91 Å². The zero-order valence-corrected chi connectivity index (χ0v) is 19.3. The van der Waals surface area contributed by atoms with Crippen LogP contribution >= 0.6 is 0 Å². The molecule has 1 amide bonds. The van der Waals surface area contributed by atoms with Crippen LogP contribution in [-0.4, -0.2) is 17.1 Å². The van der Waals surface area contributed by atoms with E-state index in [2.05, 4.69) is 71.3 Å². The van der Waals surface area contributed by atoms with E-state index >= 15 is 0 Å². The van der Waals surface area contributed by atoms with Crippen LogP contribution in [0.1, 0.15) is 41.1 Å². The lowest BCUT2D eigenvalue weighted by molar-refractivity contribution is -0.122. The summed E-state index contributed by atoms with van der Waals surface area (Å²) in [7, 11) is 0. The first-order valence-corrected chi connectivity index (χ1v) is 12.1. The van der Waals surface area contributed by atoms with Crippen LogP contribution in [0.3, 0.4) is 0 Å². The van der Waals surface area contributed by atoms with Crippen LogP contribution in [0.5, 0.6) is 5.75 Å². The van der Waals surface area contributed by atoms with Gasteiger partial charge in [0.1, 0.15) is 11.8 Å². The van der Waals surface area contributed by atoms with E-state index in [1.54, 1.807) is 12.1 Å². The van der Waals surface area contributed by atoms with Crippen molar-refractivity contribution < 1.29 is 9.90 Å². The minimum absolute atomic E-state index is 0.00573. The summed E-state index contributed by atoms with van der Waals surface area (Å²) < 4.78 is 0. The van der Waals surface area contributed by atoms with Crippen molar-refractivity contribution in [2.45, 2.75) is 44.7 Å². The number of benzene rings is 4. The van der Waals surface area contributed by atoms with Crippen LogP contribution in [0.15, 0.2) is 72.8 Å². The predicted molar refractivity (Wildman–Crippen MR) is 137 cm³/mol. The summed E-state index contributed by atoms with van der Waals surface area (Å²) in [5.74, 6) is 0.246. The summed E-state index contributed by atoms with van der Waals surface area (Å²) in [4.78, 5) is 13.3. The number of rotatable bonds is 3. The number of fused-ring (bicyclic) bond motifs is 3. The van der Waals surface area contributed by atoms with Crippen molar-refractivity contribution in [3.8, 4) is 16.9 Å². The van der Waals surface area contributed by atoms with Crippen molar-refractivity contribution in [2.24, 2.45) is 0 Å². The Kier molecular flexibility index (Phi) is 5.02. The number of carbonyl (C=O) groups excluding carboxylic acids is 1. The summed E-state index contributed by atoms with van der Waals surface area (Å²) >= 11 is 0. The lowest BCUT2D eigenvalue weighted by atomic mass is 9.85. The molecule has 0 saturated heterocycles. The summed E-state index contributed by atoms with van der Waals surface area (Å²) in [6.45, 7) is 1.98. The van der Waals surface area contributed by atoms with Gasteiger partial charge in [-0.15, -0.1) is 0 Å². The number of hydrogen-bond acceptors (Lipinski definition) is 3. The minimum Gasteiger partial charge on any atom is -0.508 e. The molecule has 0 aromatic heterocycles. The lowest BCUT2D eigenvalue weighted by Crippen LogP contribution is -2.41. The Morgan fingerprint density at radius 1 is 1.03 bits per heavy atom.